The van der Waals surface area contributed by atoms with Crippen molar-refractivity contribution in [2.24, 2.45) is 5.92 Å². The molecule has 28 heavy (non-hydrogen) atoms. The fourth-order valence-corrected chi connectivity index (χ4v) is 5.80. The molecule has 0 aliphatic carbocycles. The molecular weight excluding hydrogens is 365 g/mol. The number of nitrogens with one attached hydrogen (secondary N) is 1. The van der Waals surface area contributed by atoms with Crippen LogP contribution in [0.25, 0.3) is 0 Å². The maximum atomic E-state index is 10.9. The second kappa shape index (κ2) is 12.4. The topological polar surface area (TPSA) is 35.6 Å². The molecule has 2 rings (SSSR count). The van der Waals surface area contributed by atoms with E-state index >= 15 is 0 Å². The Balaban J connectivity index is 1.74. The van der Waals surface area contributed by atoms with Crippen molar-refractivity contribution in [1.82, 2.24) is 4.67 Å². The fourth-order valence-electron chi connectivity index (χ4n) is 4.33. The van der Waals surface area contributed by atoms with Crippen LogP contribution >= 0.6 is 8.73 Å². The molecule has 0 aromatic heterocycles. The first-order chi connectivity index (χ1) is 13.5. The average molecular weight is 406 g/mol. The summed E-state index contributed by atoms with van der Waals surface area (Å²) in [6.45, 7) is 9.50. The summed E-state index contributed by atoms with van der Waals surface area (Å²) in [4.78, 5) is 13.2. The van der Waals surface area contributed by atoms with Crippen LogP contribution in [0, 0.1) is 5.92 Å². The number of rotatable bonds is 12. The molecule has 1 aliphatic heterocycles. The van der Waals surface area contributed by atoms with Crippen LogP contribution < -0.4 is 10.2 Å². The molecule has 1 aromatic carbocycles. The number of piperidine rings is 1. The second-order valence-corrected chi connectivity index (χ2v) is 10.3. The summed E-state index contributed by atoms with van der Waals surface area (Å²) >= 11 is 0. The predicted octanol–water partition coefficient (Wildman–Crippen LogP) is 5.74. The molecule has 0 radical (unpaired) electrons. The molecule has 1 aromatic rings. The summed E-state index contributed by atoms with van der Waals surface area (Å²) in [6.07, 6.45) is 10.00. The molecule has 1 heterocycles. The van der Waals surface area contributed by atoms with Gasteiger partial charge >= 0.3 is 0 Å². The van der Waals surface area contributed by atoms with Gasteiger partial charge in [0.25, 0.3) is 0 Å². The van der Waals surface area contributed by atoms with E-state index in [9.17, 15) is 4.79 Å². The summed E-state index contributed by atoms with van der Waals surface area (Å²) in [5, 5.41) is 2.83. The van der Waals surface area contributed by atoms with Gasteiger partial charge in [-0.3, -0.25) is 9.46 Å². The van der Waals surface area contributed by atoms with Gasteiger partial charge in [-0.15, -0.1) is 0 Å². The Labute approximate surface area is 174 Å². The molecule has 3 atom stereocenters. The maximum absolute atomic E-state index is 10.9. The number of benzene rings is 1. The summed E-state index contributed by atoms with van der Waals surface area (Å²) in [6, 6.07) is 8.63. The number of amides is 1. The smallest absolute Gasteiger partial charge is 0.211 e. The van der Waals surface area contributed by atoms with Crippen molar-refractivity contribution in [1.29, 1.82) is 0 Å². The maximum Gasteiger partial charge on any atom is 0.211 e. The summed E-state index contributed by atoms with van der Waals surface area (Å²) < 4.78 is 2.68. The Morgan fingerprint density at radius 3 is 2.61 bits per heavy atom. The van der Waals surface area contributed by atoms with E-state index in [1.54, 1.807) is 0 Å². The Morgan fingerprint density at radius 1 is 1.21 bits per heavy atom. The van der Waals surface area contributed by atoms with Gasteiger partial charge in [-0.05, 0) is 51.7 Å². The third-order valence-corrected chi connectivity index (χ3v) is 7.57. The molecular formula is C23H40N3OP. The van der Waals surface area contributed by atoms with Crippen LogP contribution in [0.3, 0.4) is 0 Å². The summed E-state index contributed by atoms with van der Waals surface area (Å²) in [5.74, 6) is 0.892. The van der Waals surface area contributed by atoms with Crippen molar-refractivity contribution in [3.63, 3.8) is 0 Å². The number of hydrogen-bond donors (Lipinski definition) is 1. The quantitative estimate of drug-likeness (QED) is 0.356. The third kappa shape index (κ3) is 7.37. The Kier molecular flexibility index (Phi) is 10.3. The number of para-hydroxylation sites is 2. The number of hydrogen-bond acceptors (Lipinski definition) is 3. The van der Waals surface area contributed by atoms with Crippen molar-refractivity contribution >= 4 is 26.5 Å². The molecule has 0 spiro atoms. The van der Waals surface area contributed by atoms with Crippen LogP contribution in [0.15, 0.2) is 24.3 Å². The average Bonchev–Trinajstić information content (AvgIpc) is 2.69. The van der Waals surface area contributed by atoms with Crippen LogP contribution in [0.5, 0.6) is 0 Å². The highest BCUT2D eigenvalue weighted by molar-refractivity contribution is 7.36. The van der Waals surface area contributed by atoms with Crippen molar-refractivity contribution in [3.8, 4) is 0 Å². The normalized spacial score (nSPS) is 18.3. The largest absolute Gasteiger partial charge is 0.370 e. The SMILES string of the molecule is CCCC(C)CCCC(C)PN1CCC(N(C)c2ccccc2NC=O)CC1. The number of anilines is 2. The lowest BCUT2D eigenvalue weighted by Gasteiger charge is -2.39. The molecule has 0 bridgehead atoms. The molecule has 1 amide bonds. The first-order valence-corrected chi connectivity index (χ1v) is 12.1. The molecule has 1 N–H and O–H groups in total. The summed E-state index contributed by atoms with van der Waals surface area (Å²) in [7, 11) is 3.12. The van der Waals surface area contributed by atoms with Gasteiger partial charge in [-0.25, -0.2) is 0 Å². The van der Waals surface area contributed by atoms with Crippen LogP contribution in [-0.4, -0.2) is 42.9 Å². The van der Waals surface area contributed by atoms with Gasteiger partial charge in [0.15, 0.2) is 0 Å². The number of nitrogens with zero attached hydrogens (tertiary/aromatic N) is 2. The third-order valence-electron chi connectivity index (χ3n) is 6.03. The molecule has 4 nitrogen and oxygen atoms in total. The van der Waals surface area contributed by atoms with Crippen LogP contribution in [0.1, 0.15) is 65.7 Å². The van der Waals surface area contributed by atoms with Crippen molar-refractivity contribution in [3.05, 3.63) is 24.3 Å². The standard InChI is InChI=1S/C23H40N3OP/c1-5-9-19(2)10-8-11-20(3)28-26-16-14-21(15-17-26)25(4)23-13-7-6-12-22(23)24-18-27/h6-7,12-13,18-21,28H,5,8-11,14-17H2,1-4H3,(H,24,27). The van der Waals surface area contributed by atoms with Gasteiger partial charge in [0.05, 0.1) is 11.4 Å². The molecule has 3 unspecified atom stereocenters. The van der Waals surface area contributed by atoms with Gasteiger partial charge in [-0.2, -0.15) is 0 Å². The van der Waals surface area contributed by atoms with E-state index in [0.29, 0.717) is 6.04 Å². The first kappa shape index (κ1) is 23.2. The minimum atomic E-state index is 0.542. The monoisotopic (exact) mass is 405 g/mol. The van der Waals surface area contributed by atoms with E-state index in [4.69, 9.17) is 0 Å². The lowest BCUT2D eigenvalue weighted by atomic mass is 9.99. The van der Waals surface area contributed by atoms with E-state index in [-0.39, 0.29) is 0 Å². The lowest BCUT2D eigenvalue weighted by molar-refractivity contribution is -0.105. The highest BCUT2D eigenvalue weighted by Crippen LogP contribution is 2.34. The van der Waals surface area contributed by atoms with E-state index in [1.165, 1.54) is 58.0 Å². The molecule has 1 saturated heterocycles. The Hall–Kier alpha value is -1.12. The number of carbonyl (C=O) groups is 1. The zero-order chi connectivity index (χ0) is 20.4. The highest BCUT2D eigenvalue weighted by Gasteiger charge is 2.24. The fraction of sp³-hybridized carbons (Fsp3) is 0.696. The van der Waals surface area contributed by atoms with Crippen LogP contribution in [0.2, 0.25) is 0 Å². The molecule has 5 heteroatoms. The molecule has 1 aliphatic rings. The van der Waals surface area contributed by atoms with Crippen molar-refractivity contribution in [2.45, 2.75) is 77.4 Å². The van der Waals surface area contributed by atoms with E-state index in [2.05, 4.69) is 48.8 Å². The van der Waals surface area contributed by atoms with Gasteiger partial charge < -0.3 is 10.2 Å². The van der Waals surface area contributed by atoms with E-state index in [0.717, 1.165) is 38.1 Å². The number of carbonyl (C=O) groups excluding carboxylic acids is 1. The van der Waals surface area contributed by atoms with Crippen molar-refractivity contribution < 1.29 is 4.79 Å². The van der Waals surface area contributed by atoms with Crippen LogP contribution in [-0.2, 0) is 4.79 Å². The minimum absolute atomic E-state index is 0.542. The molecule has 0 saturated carbocycles. The van der Waals surface area contributed by atoms with Gasteiger partial charge in [-0.1, -0.05) is 58.6 Å². The second-order valence-electron chi connectivity index (χ2n) is 8.46. The Bertz CT molecular complexity index is 575. The van der Waals surface area contributed by atoms with Gasteiger partial charge in [0.1, 0.15) is 0 Å². The van der Waals surface area contributed by atoms with Crippen molar-refractivity contribution in [2.75, 3.05) is 30.4 Å². The molecule has 1 fully saturated rings. The summed E-state index contributed by atoms with van der Waals surface area (Å²) in [5.41, 5.74) is 2.83. The predicted molar refractivity (Wildman–Crippen MR) is 125 cm³/mol. The highest BCUT2D eigenvalue weighted by atomic mass is 31.1. The van der Waals surface area contributed by atoms with Gasteiger partial charge in [0, 0.05) is 26.2 Å². The zero-order valence-corrected chi connectivity index (χ0v) is 19.3. The minimum Gasteiger partial charge on any atom is -0.370 e. The van der Waals surface area contributed by atoms with E-state index < -0.39 is 0 Å². The van der Waals surface area contributed by atoms with Gasteiger partial charge in [0.2, 0.25) is 6.41 Å². The zero-order valence-electron chi connectivity index (χ0n) is 18.3. The lowest BCUT2D eigenvalue weighted by Crippen LogP contribution is -2.41. The first-order valence-electron chi connectivity index (χ1n) is 11.1. The van der Waals surface area contributed by atoms with E-state index in [1.807, 2.05) is 18.2 Å². The molecule has 158 valence electrons. The van der Waals surface area contributed by atoms with Crippen LogP contribution in [0.4, 0.5) is 11.4 Å². The Morgan fingerprint density at radius 2 is 1.93 bits per heavy atom.